The number of nitrogens with zero attached hydrogens (tertiary/aromatic N) is 3. The van der Waals surface area contributed by atoms with Gasteiger partial charge in [0, 0.05) is 41.7 Å². The SMILES string of the molecule is CC(C)(C)c1ccnc(Oc2[c-]c3c4[c-]c(Oc5cc(C(C)(C)C)ccn5)ccc4n(-c4ccccc4)c3cc2)c1.[Pt+2]. The van der Waals surface area contributed by atoms with Crippen LogP contribution in [-0.4, -0.2) is 14.5 Å². The number of pyridine rings is 2. The molecule has 0 atom stereocenters. The molecule has 3 heterocycles. The predicted molar refractivity (Wildman–Crippen MR) is 164 cm³/mol. The van der Waals surface area contributed by atoms with Crippen LogP contribution in [0.4, 0.5) is 0 Å². The molecule has 0 radical (unpaired) electrons. The molecule has 0 saturated carbocycles. The van der Waals surface area contributed by atoms with Crippen molar-refractivity contribution in [1.82, 2.24) is 14.5 Å². The van der Waals surface area contributed by atoms with E-state index in [4.69, 9.17) is 9.47 Å². The minimum absolute atomic E-state index is 0. The molecule has 3 aromatic carbocycles. The van der Waals surface area contributed by atoms with Crippen LogP contribution in [0.2, 0.25) is 0 Å². The van der Waals surface area contributed by atoms with Gasteiger partial charge in [0.2, 0.25) is 11.8 Å². The van der Waals surface area contributed by atoms with Gasteiger partial charge in [-0.2, -0.15) is 10.8 Å². The van der Waals surface area contributed by atoms with E-state index in [0.717, 1.165) is 38.6 Å². The van der Waals surface area contributed by atoms with Gasteiger partial charge in [-0.1, -0.05) is 70.8 Å². The Morgan fingerprint density at radius 1 is 0.595 bits per heavy atom. The van der Waals surface area contributed by atoms with Gasteiger partial charge in [0.15, 0.2) is 0 Å². The Bertz CT molecular complexity index is 1750. The summed E-state index contributed by atoms with van der Waals surface area (Å²) in [6, 6.07) is 33.3. The maximum Gasteiger partial charge on any atom is 2.00 e. The van der Waals surface area contributed by atoms with Crippen LogP contribution < -0.4 is 9.47 Å². The third-order valence-corrected chi connectivity index (χ3v) is 7.17. The normalized spacial score (nSPS) is 11.9. The topological polar surface area (TPSA) is 49.2 Å². The molecule has 0 N–H and O–H groups in total. The fraction of sp³-hybridized carbons (Fsp3) is 0.222. The van der Waals surface area contributed by atoms with Crippen molar-refractivity contribution < 1.29 is 30.5 Å². The molecule has 42 heavy (non-hydrogen) atoms. The van der Waals surface area contributed by atoms with E-state index in [9.17, 15) is 0 Å². The Labute approximate surface area is 261 Å². The molecule has 0 spiro atoms. The fourth-order valence-corrected chi connectivity index (χ4v) is 4.88. The molecule has 6 aromatic rings. The average molecular weight is 735 g/mol. The summed E-state index contributed by atoms with van der Waals surface area (Å²) in [7, 11) is 0. The summed E-state index contributed by atoms with van der Waals surface area (Å²) in [5.74, 6) is 2.25. The molecule has 0 aliphatic rings. The van der Waals surface area contributed by atoms with Gasteiger partial charge in [-0.25, -0.2) is 9.97 Å². The minimum atomic E-state index is -0.00948. The average Bonchev–Trinajstić information content (AvgIpc) is 3.26. The quantitative estimate of drug-likeness (QED) is 0.166. The Morgan fingerprint density at radius 2 is 1.05 bits per heavy atom. The predicted octanol–water partition coefficient (Wildman–Crippen LogP) is 9.35. The Morgan fingerprint density at radius 3 is 1.48 bits per heavy atom. The molecule has 0 bridgehead atoms. The third-order valence-electron chi connectivity index (χ3n) is 7.17. The van der Waals surface area contributed by atoms with Gasteiger partial charge in [0.05, 0.1) is 0 Å². The van der Waals surface area contributed by atoms with Crippen LogP contribution >= 0.6 is 0 Å². The van der Waals surface area contributed by atoms with Crippen molar-refractivity contribution in [3.63, 3.8) is 0 Å². The largest absolute Gasteiger partial charge is 2.00 e. The molecule has 0 aliphatic heterocycles. The van der Waals surface area contributed by atoms with Gasteiger partial charge in [-0.15, -0.1) is 36.4 Å². The van der Waals surface area contributed by atoms with Crippen molar-refractivity contribution in [1.29, 1.82) is 0 Å². The van der Waals surface area contributed by atoms with E-state index >= 15 is 0 Å². The number of para-hydroxylation sites is 1. The maximum atomic E-state index is 6.23. The second-order valence-corrected chi connectivity index (χ2v) is 12.3. The van der Waals surface area contributed by atoms with Gasteiger partial charge in [-0.05, 0) is 46.2 Å². The molecular formula is C36H33N3O2Pt. The smallest absolute Gasteiger partial charge is 0.460 e. The van der Waals surface area contributed by atoms with Gasteiger partial charge in [0.1, 0.15) is 0 Å². The van der Waals surface area contributed by atoms with Crippen LogP contribution in [0.15, 0.2) is 91.3 Å². The summed E-state index contributed by atoms with van der Waals surface area (Å²) in [6.45, 7) is 13.0. The number of hydrogen-bond acceptors (Lipinski definition) is 4. The van der Waals surface area contributed by atoms with E-state index in [1.54, 1.807) is 12.4 Å². The van der Waals surface area contributed by atoms with Crippen LogP contribution in [-0.2, 0) is 31.9 Å². The summed E-state index contributed by atoms with van der Waals surface area (Å²) >= 11 is 0. The van der Waals surface area contributed by atoms with Crippen LogP contribution in [0.1, 0.15) is 52.7 Å². The Balaban J connectivity index is 0.00000353. The third kappa shape index (κ3) is 5.98. The number of benzene rings is 3. The van der Waals surface area contributed by atoms with E-state index in [-0.39, 0.29) is 31.9 Å². The molecule has 0 fully saturated rings. The molecular weight excluding hydrogens is 701 g/mol. The Hall–Kier alpha value is -3.95. The zero-order chi connectivity index (χ0) is 28.8. The van der Waals surface area contributed by atoms with Crippen LogP contribution in [0, 0.1) is 12.1 Å². The zero-order valence-corrected chi connectivity index (χ0v) is 26.9. The zero-order valence-electron chi connectivity index (χ0n) is 24.6. The molecule has 3 aromatic heterocycles. The van der Waals surface area contributed by atoms with Crippen molar-refractivity contribution in [2.45, 2.75) is 52.4 Å². The maximum absolute atomic E-state index is 6.23. The number of hydrogen-bond donors (Lipinski definition) is 0. The molecule has 0 saturated heterocycles. The minimum Gasteiger partial charge on any atom is -0.460 e. The second kappa shape index (κ2) is 11.4. The molecule has 0 amide bonds. The van der Waals surface area contributed by atoms with E-state index in [1.165, 1.54) is 0 Å². The molecule has 0 unspecified atom stereocenters. The first kappa shape index (κ1) is 29.5. The van der Waals surface area contributed by atoms with E-state index < -0.39 is 0 Å². The molecule has 214 valence electrons. The van der Waals surface area contributed by atoms with Gasteiger partial charge >= 0.3 is 21.1 Å². The van der Waals surface area contributed by atoms with E-state index in [0.29, 0.717) is 23.3 Å². The van der Waals surface area contributed by atoms with Crippen molar-refractivity contribution in [2.75, 3.05) is 0 Å². The van der Waals surface area contributed by atoms with Gasteiger partial charge < -0.3 is 14.0 Å². The summed E-state index contributed by atoms with van der Waals surface area (Å²) < 4.78 is 14.7. The van der Waals surface area contributed by atoms with Crippen molar-refractivity contribution in [2.24, 2.45) is 0 Å². The first-order chi connectivity index (χ1) is 19.6. The van der Waals surface area contributed by atoms with Crippen molar-refractivity contribution in [3.05, 3.63) is 115 Å². The number of rotatable bonds is 5. The second-order valence-electron chi connectivity index (χ2n) is 12.3. The summed E-state index contributed by atoms with van der Waals surface area (Å²) in [5, 5.41) is 1.77. The standard InChI is InChI=1S/C36H33N3O2.Pt/c1-35(2,3)24-16-18-37-33(20-24)40-27-12-14-31-29(22-27)30-23-28(41-34-21-25(17-19-38-34)36(4,5)6)13-15-32(30)39(31)26-10-8-7-9-11-26;/h7-21H,1-6H3;/q-2;+2. The number of aromatic nitrogens is 3. The number of ether oxygens (including phenoxy) is 2. The fourth-order valence-electron chi connectivity index (χ4n) is 4.88. The summed E-state index contributed by atoms with van der Waals surface area (Å²) in [6.07, 6.45) is 3.58. The molecule has 5 nitrogen and oxygen atoms in total. The van der Waals surface area contributed by atoms with Gasteiger partial charge in [0.25, 0.3) is 0 Å². The van der Waals surface area contributed by atoms with Crippen molar-refractivity contribution in [3.8, 4) is 28.9 Å². The van der Waals surface area contributed by atoms with E-state index in [1.807, 2.05) is 54.6 Å². The molecule has 0 aliphatic carbocycles. The van der Waals surface area contributed by atoms with Gasteiger partial charge in [-0.3, -0.25) is 0 Å². The summed E-state index contributed by atoms with van der Waals surface area (Å²) in [4.78, 5) is 8.89. The first-order valence-corrected chi connectivity index (χ1v) is 13.8. The number of fused-ring (bicyclic) bond motifs is 3. The molecule has 6 heteroatoms. The van der Waals surface area contributed by atoms with E-state index in [2.05, 4.69) is 92.5 Å². The van der Waals surface area contributed by atoms with Crippen molar-refractivity contribution >= 4 is 21.8 Å². The Kier molecular flexibility index (Phi) is 8.00. The van der Waals surface area contributed by atoms with Crippen LogP contribution in [0.25, 0.3) is 27.5 Å². The first-order valence-electron chi connectivity index (χ1n) is 13.8. The van der Waals surface area contributed by atoms with Crippen LogP contribution in [0.3, 0.4) is 0 Å². The molecule has 6 rings (SSSR count). The van der Waals surface area contributed by atoms with Crippen LogP contribution in [0.5, 0.6) is 23.3 Å². The monoisotopic (exact) mass is 734 g/mol. The summed E-state index contributed by atoms with van der Waals surface area (Å²) in [5.41, 5.74) is 5.34.